The Bertz CT molecular complexity index is 689. The van der Waals surface area contributed by atoms with Gasteiger partial charge in [-0.05, 0) is 49.2 Å². The lowest BCUT2D eigenvalue weighted by Gasteiger charge is -2.18. The lowest BCUT2D eigenvalue weighted by molar-refractivity contribution is -0.119. The third kappa shape index (κ3) is 3.51. The molecule has 0 bridgehead atoms. The van der Waals surface area contributed by atoms with Gasteiger partial charge < -0.3 is 15.6 Å². The molecule has 21 heavy (non-hydrogen) atoms. The number of hydrogen-bond donors (Lipinski definition) is 2. The SMILES string of the molecule is CCC(C(=O)Nc1ccc(N)cc1)n1ccc(C)cc1=O. The number of amides is 1. The number of anilines is 2. The first-order valence-electron chi connectivity index (χ1n) is 6.86. The Hall–Kier alpha value is -2.56. The molecule has 5 nitrogen and oxygen atoms in total. The van der Waals surface area contributed by atoms with Crippen LogP contribution in [0, 0.1) is 6.92 Å². The van der Waals surface area contributed by atoms with Crippen LogP contribution in [-0.2, 0) is 4.79 Å². The van der Waals surface area contributed by atoms with Crippen molar-refractivity contribution >= 4 is 17.3 Å². The molecule has 0 spiro atoms. The quantitative estimate of drug-likeness (QED) is 0.846. The summed E-state index contributed by atoms with van der Waals surface area (Å²) in [5.41, 5.74) is 7.61. The molecule has 1 amide bonds. The maximum Gasteiger partial charge on any atom is 0.251 e. The van der Waals surface area contributed by atoms with E-state index in [2.05, 4.69) is 5.32 Å². The minimum Gasteiger partial charge on any atom is -0.399 e. The van der Waals surface area contributed by atoms with Crippen LogP contribution in [0.15, 0.2) is 47.4 Å². The summed E-state index contributed by atoms with van der Waals surface area (Å²) in [5, 5.41) is 2.81. The Morgan fingerprint density at radius 2 is 1.95 bits per heavy atom. The monoisotopic (exact) mass is 285 g/mol. The molecule has 3 N–H and O–H groups in total. The molecule has 0 saturated carbocycles. The highest BCUT2D eigenvalue weighted by atomic mass is 16.2. The Morgan fingerprint density at radius 3 is 2.52 bits per heavy atom. The molecule has 1 heterocycles. The highest BCUT2D eigenvalue weighted by Gasteiger charge is 2.19. The van der Waals surface area contributed by atoms with Crippen molar-refractivity contribution in [2.45, 2.75) is 26.3 Å². The average Bonchev–Trinajstić information content (AvgIpc) is 2.44. The predicted molar refractivity (Wildman–Crippen MR) is 84.3 cm³/mol. The third-order valence-corrected chi connectivity index (χ3v) is 3.31. The Morgan fingerprint density at radius 1 is 1.29 bits per heavy atom. The van der Waals surface area contributed by atoms with Gasteiger partial charge in [0.25, 0.3) is 5.56 Å². The van der Waals surface area contributed by atoms with E-state index in [9.17, 15) is 9.59 Å². The van der Waals surface area contributed by atoms with Crippen molar-refractivity contribution in [3.8, 4) is 0 Å². The van der Waals surface area contributed by atoms with Crippen LogP contribution in [0.1, 0.15) is 24.9 Å². The summed E-state index contributed by atoms with van der Waals surface area (Å²) in [6.07, 6.45) is 2.19. The van der Waals surface area contributed by atoms with Crippen molar-refractivity contribution in [3.63, 3.8) is 0 Å². The van der Waals surface area contributed by atoms with Crippen LogP contribution in [0.2, 0.25) is 0 Å². The number of nitrogens with two attached hydrogens (primary N) is 1. The number of nitrogens with one attached hydrogen (secondary N) is 1. The standard InChI is InChI=1S/C16H19N3O2/c1-3-14(19-9-8-11(2)10-15(19)20)16(21)18-13-6-4-12(17)5-7-13/h4-10,14H,3,17H2,1-2H3,(H,18,21). The van der Waals surface area contributed by atoms with E-state index < -0.39 is 6.04 Å². The van der Waals surface area contributed by atoms with Gasteiger partial charge in [0.2, 0.25) is 5.91 Å². The van der Waals surface area contributed by atoms with Crippen molar-refractivity contribution in [2.75, 3.05) is 11.1 Å². The zero-order valence-corrected chi connectivity index (χ0v) is 12.2. The van der Waals surface area contributed by atoms with Crippen molar-refractivity contribution in [1.82, 2.24) is 4.57 Å². The molecule has 0 radical (unpaired) electrons. The van der Waals surface area contributed by atoms with Gasteiger partial charge in [-0.1, -0.05) is 6.92 Å². The van der Waals surface area contributed by atoms with Gasteiger partial charge in [0.05, 0.1) is 0 Å². The van der Waals surface area contributed by atoms with Crippen LogP contribution in [0.3, 0.4) is 0 Å². The van der Waals surface area contributed by atoms with E-state index in [0.717, 1.165) is 5.56 Å². The molecule has 110 valence electrons. The molecule has 0 aliphatic carbocycles. The van der Waals surface area contributed by atoms with Gasteiger partial charge >= 0.3 is 0 Å². The predicted octanol–water partition coefficient (Wildman–Crippen LogP) is 2.33. The summed E-state index contributed by atoms with van der Waals surface area (Å²) in [6, 6.07) is 9.72. The summed E-state index contributed by atoms with van der Waals surface area (Å²) in [4.78, 5) is 24.4. The fraction of sp³-hybridized carbons (Fsp3) is 0.250. The van der Waals surface area contributed by atoms with Gasteiger partial charge in [-0.25, -0.2) is 0 Å². The van der Waals surface area contributed by atoms with Crippen LogP contribution >= 0.6 is 0 Å². The maximum absolute atomic E-state index is 12.4. The van der Waals surface area contributed by atoms with Gasteiger partial charge in [-0.2, -0.15) is 0 Å². The molecule has 2 aromatic rings. The Labute approximate surface area is 123 Å². The van der Waals surface area contributed by atoms with Gasteiger partial charge in [-0.3, -0.25) is 9.59 Å². The molecule has 0 aliphatic heterocycles. The summed E-state index contributed by atoms with van der Waals surface area (Å²) < 4.78 is 1.46. The highest BCUT2D eigenvalue weighted by Crippen LogP contribution is 2.15. The van der Waals surface area contributed by atoms with Crippen LogP contribution in [-0.4, -0.2) is 10.5 Å². The van der Waals surface area contributed by atoms with Crippen LogP contribution in [0.4, 0.5) is 11.4 Å². The zero-order chi connectivity index (χ0) is 15.4. The molecule has 1 aromatic heterocycles. The van der Waals surface area contributed by atoms with Gasteiger partial charge in [0, 0.05) is 23.6 Å². The molecular weight excluding hydrogens is 266 g/mol. The Kier molecular flexibility index (Phi) is 4.42. The van der Waals surface area contributed by atoms with Crippen molar-refractivity contribution in [3.05, 3.63) is 58.5 Å². The van der Waals surface area contributed by atoms with Gasteiger partial charge in [0.1, 0.15) is 6.04 Å². The minimum atomic E-state index is -0.532. The normalized spacial score (nSPS) is 11.9. The zero-order valence-electron chi connectivity index (χ0n) is 12.2. The van der Waals surface area contributed by atoms with Crippen LogP contribution in [0.25, 0.3) is 0 Å². The first-order chi connectivity index (χ1) is 10.0. The second-order valence-corrected chi connectivity index (χ2v) is 4.98. The summed E-state index contributed by atoms with van der Waals surface area (Å²) >= 11 is 0. The summed E-state index contributed by atoms with van der Waals surface area (Å²) in [7, 11) is 0. The number of carbonyl (C=O) groups is 1. The lowest BCUT2D eigenvalue weighted by Crippen LogP contribution is -2.32. The van der Waals surface area contributed by atoms with E-state index in [-0.39, 0.29) is 11.5 Å². The fourth-order valence-electron chi connectivity index (χ4n) is 2.15. The molecule has 1 unspecified atom stereocenters. The number of benzene rings is 1. The van der Waals surface area contributed by atoms with E-state index in [1.54, 1.807) is 30.5 Å². The van der Waals surface area contributed by atoms with Crippen molar-refractivity contribution in [1.29, 1.82) is 0 Å². The van der Waals surface area contributed by atoms with Gasteiger partial charge in [0.15, 0.2) is 0 Å². The first-order valence-corrected chi connectivity index (χ1v) is 6.86. The Balaban J connectivity index is 2.22. The number of rotatable bonds is 4. The summed E-state index contributed by atoms with van der Waals surface area (Å²) in [6.45, 7) is 3.72. The van der Waals surface area contributed by atoms with E-state index in [0.29, 0.717) is 17.8 Å². The van der Waals surface area contributed by atoms with Crippen LogP contribution < -0.4 is 16.6 Å². The largest absolute Gasteiger partial charge is 0.399 e. The minimum absolute atomic E-state index is 0.172. The molecule has 0 saturated heterocycles. The second kappa shape index (κ2) is 6.26. The average molecular weight is 285 g/mol. The molecule has 0 aliphatic rings. The van der Waals surface area contributed by atoms with E-state index in [1.807, 2.05) is 19.9 Å². The number of hydrogen-bond acceptors (Lipinski definition) is 3. The maximum atomic E-state index is 12.4. The topological polar surface area (TPSA) is 77.1 Å². The third-order valence-electron chi connectivity index (χ3n) is 3.31. The number of carbonyl (C=O) groups excluding carboxylic acids is 1. The second-order valence-electron chi connectivity index (χ2n) is 4.98. The molecule has 2 rings (SSSR count). The number of pyridine rings is 1. The number of nitrogens with zero attached hydrogens (tertiary/aromatic N) is 1. The molecule has 0 fully saturated rings. The smallest absolute Gasteiger partial charge is 0.251 e. The van der Waals surface area contributed by atoms with Gasteiger partial charge in [-0.15, -0.1) is 0 Å². The van der Waals surface area contributed by atoms with Crippen molar-refractivity contribution in [2.24, 2.45) is 0 Å². The molecule has 1 atom stereocenters. The lowest BCUT2D eigenvalue weighted by atomic mass is 10.1. The number of aromatic nitrogens is 1. The van der Waals surface area contributed by atoms with E-state index in [1.165, 1.54) is 10.6 Å². The first kappa shape index (κ1) is 14.8. The fourth-order valence-corrected chi connectivity index (χ4v) is 2.15. The number of aryl methyl sites for hydroxylation is 1. The van der Waals surface area contributed by atoms with Crippen molar-refractivity contribution < 1.29 is 4.79 Å². The van der Waals surface area contributed by atoms with E-state index >= 15 is 0 Å². The summed E-state index contributed by atoms with van der Waals surface area (Å²) in [5.74, 6) is -0.215. The molecule has 5 heteroatoms. The van der Waals surface area contributed by atoms with E-state index in [4.69, 9.17) is 5.73 Å². The molecular formula is C16H19N3O2. The van der Waals surface area contributed by atoms with Crippen LogP contribution in [0.5, 0.6) is 0 Å². The number of nitrogen functional groups attached to an aromatic ring is 1. The molecule has 1 aromatic carbocycles. The highest BCUT2D eigenvalue weighted by molar-refractivity contribution is 5.93.